The molecule has 0 saturated heterocycles. The molecule has 2 atom stereocenters. The summed E-state index contributed by atoms with van der Waals surface area (Å²) < 4.78 is 0. The molecule has 3 N–H and O–H groups in total. The van der Waals surface area contributed by atoms with Crippen LogP contribution < -0.4 is 10.6 Å². The van der Waals surface area contributed by atoms with Crippen molar-refractivity contribution in [2.75, 3.05) is 6.54 Å². The molecule has 0 radical (unpaired) electrons. The Hall–Kier alpha value is -1.88. The van der Waals surface area contributed by atoms with Crippen molar-refractivity contribution in [1.82, 2.24) is 10.6 Å². The first kappa shape index (κ1) is 16.2. The normalized spacial score (nSPS) is 13.7. The SMILES string of the molecule is CC(O)CNC(=O)C(NC(=O)c1ccccc1)C(C)C. The molecule has 2 unspecified atom stereocenters. The summed E-state index contributed by atoms with van der Waals surface area (Å²) in [5.41, 5.74) is 0.515. The molecule has 0 aromatic heterocycles. The van der Waals surface area contributed by atoms with Crippen molar-refractivity contribution in [1.29, 1.82) is 0 Å². The molecule has 2 amide bonds. The Kier molecular flexibility index (Phi) is 6.18. The number of aliphatic hydroxyl groups excluding tert-OH is 1. The largest absolute Gasteiger partial charge is 0.392 e. The Morgan fingerprint density at radius 3 is 2.25 bits per heavy atom. The van der Waals surface area contributed by atoms with Gasteiger partial charge < -0.3 is 15.7 Å². The zero-order valence-corrected chi connectivity index (χ0v) is 12.1. The fourth-order valence-corrected chi connectivity index (χ4v) is 1.71. The maximum atomic E-state index is 12.1. The molecule has 1 rings (SSSR count). The number of nitrogens with one attached hydrogen (secondary N) is 2. The quantitative estimate of drug-likeness (QED) is 0.724. The second kappa shape index (κ2) is 7.65. The minimum absolute atomic E-state index is 0.0448. The first-order valence-electron chi connectivity index (χ1n) is 6.73. The molecule has 0 aliphatic heterocycles. The van der Waals surface area contributed by atoms with Gasteiger partial charge in [0.25, 0.3) is 5.91 Å². The van der Waals surface area contributed by atoms with E-state index in [4.69, 9.17) is 0 Å². The van der Waals surface area contributed by atoms with Gasteiger partial charge in [0.05, 0.1) is 6.10 Å². The van der Waals surface area contributed by atoms with Crippen LogP contribution in [0.5, 0.6) is 0 Å². The zero-order chi connectivity index (χ0) is 15.1. The van der Waals surface area contributed by atoms with Crippen molar-refractivity contribution >= 4 is 11.8 Å². The number of rotatable bonds is 6. The molecular weight excluding hydrogens is 256 g/mol. The van der Waals surface area contributed by atoms with Crippen molar-refractivity contribution < 1.29 is 14.7 Å². The maximum Gasteiger partial charge on any atom is 0.251 e. The lowest BCUT2D eigenvalue weighted by atomic mass is 10.0. The van der Waals surface area contributed by atoms with Crippen LogP contribution in [0.15, 0.2) is 30.3 Å². The van der Waals surface area contributed by atoms with E-state index in [1.54, 1.807) is 31.2 Å². The molecule has 5 heteroatoms. The fraction of sp³-hybridized carbons (Fsp3) is 0.467. The molecule has 0 spiro atoms. The second-order valence-electron chi connectivity index (χ2n) is 5.16. The van der Waals surface area contributed by atoms with Gasteiger partial charge in [-0.3, -0.25) is 9.59 Å². The molecular formula is C15H22N2O3. The van der Waals surface area contributed by atoms with Crippen LogP contribution in [-0.4, -0.2) is 35.6 Å². The van der Waals surface area contributed by atoms with Gasteiger partial charge in [-0.05, 0) is 25.0 Å². The van der Waals surface area contributed by atoms with Crippen LogP contribution in [0.4, 0.5) is 0 Å². The second-order valence-corrected chi connectivity index (χ2v) is 5.16. The van der Waals surface area contributed by atoms with Crippen molar-refractivity contribution in [3.8, 4) is 0 Å². The standard InChI is InChI=1S/C15H22N2O3/c1-10(2)13(15(20)16-9-11(3)18)17-14(19)12-7-5-4-6-8-12/h4-8,10-11,13,18H,9H2,1-3H3,(H,16,20)(H,17,19). The topological polar surface area (TPSA) is 78.4 Å². The highest BCUT2D eigenvalue weighted by Crippen LogP contribution is 2.05. The molecule has 0 bridgehead atoms. The number of benzene rings is 1. The van der Waals surface area contributed by atoms with Crippen LogP contribution in [0.3, 0.4) is 0 Å². The Labute approximate surface area is 119 Å². The molecule has 0 heterocycles. The van der Waals surface area contributed by atoms with Crippen LogP contribution in [0.2, 0.25) is 0 Å². The molecule has 0 fully saturated rings. The Bertz CT molecular complexity index is 444. The summed E-state index contributed by atoms with van der Waals surface area (Å²) in [5.74, 6) is -0.613. The molecule has 1 aromatic carbocycles. The van der Waals surface area contributed by atoms with Crippen molar-refractivity contribution in [2.24, 2.45) is 5.92 Å². The Morgan fingerprint density at radius 2 is 1.75 bits per heavy atom. The minimum atomic E-state index is -0.624. The number of carbonyl (C=O) groups is 2. The first-order valence-corrected chi connectivity index (χ1v) is 6.73. The molecule has 0 aliphatic rings. The van der Waals surface area contributed by atoms with E-state index in [1.807, 2.05) is 19.9 Å². The van der Waals surface area contributed by atoms with E-state index in [-0.39, 0.29) is 24.3 Å². The molecule has 1 aromatic rings. The van der Waals surface area contributed by atoms with Gasteiger partial charge in [0.1, 0.15) is 6.04 Å². The van der Waals surface area contributed by atoms with E-state index >= 15 is 0 Å². The zero-order valence-electron chi connectivity index (χ0n) is 12.1. The molecule has 0 saturated carbocycles. The van der Waals surface area contributed by atoms with Gasteiger partial charge in [-0.1, -0.05) is 32.0 Å². The Balaban J connectivity index is 2.68. The summed E-state index contributed by atoms with van der Waals surface area (Å²) in [6.07, 6.45) is -0.614. The van der Waals surface area contributed by atoms with Crippen molar-refractivity contribution in [3.63, 3.8) is 0 Å². The summed E-state index contributed by atoms with van der Waals surface area (Å²) in [6, 6.07) is 8.13. The smallest absolute Gasteiger partial charge is 0.251 e. The highest BCUT2D eigenvalue weighted by atomic mass is 16.3. The van der Waals surface area contributed by atoms with Crippen LogP contribution >= 0.6 is 0 Å². The lowest BCUT2D eigenvalue weighted by Crippen LogP contribution is -2.50. The van der Waals surface area contributed by atoms with Gasteiger partial charge in [0.15, 0.2) is 0 Å². The minimum Gasteiger partial charge on any atom is -0.392 e. The number of carbonyl (C=O) groups excluding carboxylic acids is 2. The van der Waals surface area contributed by atoms with Crippen molar-refractivity contribution in [2.45, 2.75) is 32.9 Å². The molecule has 110 valence electrons. The first-order chi connectivity index (χ1) is 9.41. The summed E-state index contributed by atoms with van der Waals surface area (Å²) >= 11 is 0. The average molecular weight is 278 g/mol. The predicted octanol–water partition coefficient (Wildman–Crippen LogP) is 0.938. The van der Waals surface area contributed by atoms with Crippen LogP contribution in [0.25, 0.3) is 0 Å². The molecule has 0 aliphatic carbocycles. The van der Waals surface area contributed by atoms with E-state index in [2.05, 4.69) is 10.6 Å². The average Bonchev–Trinajstić information content (AvgIpc) is 2.42. The maximum absolute atomic E-state index is 12.1. The highest BCUT2D eigenvalue weighted by molar-refractivity contribution is 5.97. The lowest BCUT2D eigenvalue weighted by molar-refractivity contribution is -0.124. The van der Waals surface area contributed by atoms with Gasteiger partial charge in [-0.25, -0.2) is 0 Å². The summed E-state index contributed by atoms with van der Waals surface area (Å²) in [4.78, 5) is 24.1. The number of amides is 2. The van der Waals surface area contributed by atoms with Crippen molar-refractivity contribution in [3.05, 3.63) is 35.9 Å². The van der Waals surface area contributed by atoms with E-state index in [1.165, 1.54) is 0 Å². The van der Waals surface area contributed by atoms with Gasteiger partial charge >= 0.3 is 0 Å². The summed E-state index contributed by atoms with van der Waals surface area (Å²) in [7, 11) is 0. The third-order valence-corrected chi connectivity index (χ3v) is 2.84. The molecule has 20 heavy (non-hydrogen) atoms. The number of hydrogen-bond donors (Lipinski definition) is 3. The van der Waals surface area contributed by atoms with Gasteiger partial charge in [-0.15, -0.1) is 0 Å². The predicted molar refractivity (Wildman–Crippen MR) is 77.2 cm³/mol. The van der Waals surface area contributed by atoms with E-state index in [0.29, 0.717) is 5.56 Å². The summed E-state index contributed by atoms with van der Waals surface area (Å²) in [6.45, 7) is 5.48. The third-order valence-electron chi connectivity index (χ3n) is 2.84. The van der Waals surface area contributed by atoms with Gasteiger partial charge in [0, 0.05) is 12.1 Å². The van der Waals surface area contributed by atoms with Crippen LogP contribution in [-0.2, 0) is 4.79 Å². The van der Waals surface area contributed by atoms with Crippen LogP contribution in [0, 0.1) is 5.92 Å². The lowest BCUT2D eigenvalue weighted by Gasteiger charge is -2.22. The fourth-order valence-electron chi connectivity index (χ4n) is 1.71. The van der Waals surface area contributed by atoms with Crippen LogP contribution in [0.1, 0.15) is 31.1 Å². The molecule has 5 nitrogen and oxygen atoms in total. The van der Waals surface area contributed by atoms with E-state index < -0.39 is 12.1 Å². The monoisotopic (exact) mass is 278 g/mol. The van der Waals surface area contributed by atoms with E-state index in [9.17, 15) is 14.7 Å². The number of hydrogen-bond acceptors (Lipinski definition) is 3. The third kappa shape index (κ3) is 5.01. The number of aliphatic hydroxyl groups is 1. The highest BCUT2D eigenvalue weighted by Gasteiger charge is 2.24. The summed E-state index contributed by atoms with van der Waals surface area (Å²) in [5, 5.41) is 14.5. The Morgan fingerprint density at radius 1 is 1.15 bits per heavy atom. The van der Waals surface area contributed by atoms with Gasteiger partial charge in [0.2, 0.25) is 5.91 Å². The van der Waals surface area contributed by atoms with Gasteiger partial charge in [-0.2, -0.15) is 0 Å². The van der Waals surface area contributed by atoms with E-state index in [0.717, 1.165) is 0 Å².